The first-order valence-corrected chi connectivity index (χ1v) is 7.72. The predicted molar refractivity (Wildman–Crippen MR) is 86.2 cm³/mol. The number of carbonyl (C=O) groups is 3. The zero-order valence-corrected chi connectivity index (χ0v) is 13.7. The normalized spacial score (nSPS) is 14.3. The number of anilines is 1. The maximum absolute atomic E-state index is 12.7. The molecule has 0 bridgehead atoms. The fourth-order valence-electron chi connectivity index (χ4n) is 2.59. The van der Waals surface area contributed by atoms with Crippen LogP contribution in [-0.2, 0) is 14.3 Å². The first-order valence-electron chi connectivity index (χ1n) is 7.72. The summed E-state index contributed by atoms with van der Waals surface area (Å²) < 4.78 is 4.65. The Morgan fingerprint density at radius 2 is 2.09 bits per heavy atom. The van der Waals surface area contributed by atoms with E-state index in [-0.39, 0.29) is 24.4 Å². The second-order valence-electron chi connectivity index (χ2n) is 5.80. The summed E-state index contributed by atoms with van der Waals surface area (Å²) in [5, 5.41) is 0. The number of rotatable bonds is 5. The van der Waals surface area contributed by atoms with Crippen LogP contribution < -0.4 is 4.90 Å². The summed E-state index contributed by atoms with van der Waals surface area (Å²) in [7, 11) is 1.30. The molecule has 0 saturated carbocycles. The van der Waals surface area contributed by atoms with Crippen molar-refractivity contribution in [1.29, 1.82) is 0 Å². The monoisotopic (exact) mass is 318 g/mol. The minimum atomic E-state index is -0.460. The number of benzene rings is 1. The number of hydrogen-bond acceptors (Lipinski definition) is 4. The Labute approximate surface area is 136 Å². The number of nitrogens with zero attached hydrogens (tertiary/aromatic N) is 2. The van der Waals surface area contributed by atoms with Gasteiger partial charge in [-0.05, 0) is 38.5 Å². The van der Waals surface area contributed by atoms with Crippen LogP contribution in [0.1, 0.15) is 37.0 Å². The summed E-state index contributed by atoms with van der Waals surface area (Å²) in [4.78, 5) is 39.2. The van der Waals surface area contributed by atoms with E-state index in [4.69, 9.17) is 0 Å². The molecule has 0 N–H and O–H groups in total. The van der Waals surface area contributed by atoms with Crippen LogP contribution in [-0.4, -0.2) is 48.9 Å². The van der Waals surface area contributed by atoms with Gasteiger partial charge in [0.05, 0.1) is 7.11 Å². The Morgan fingerprint density at radius 3 is 2.65 bits per heavy atom. The fraction of sp³-hybridized carbons (Fsp3) is 0.471. The zero-order valence-electron chi connectivity index (χ0n) is 13.7. The lowest BCUT2D eigenvalue weighted by atomic mass is 10.1. The molecule has 6 heteroatoms. The van der Waals surface area contributed by atoms with Gasteiger partial charge in [-0.15, -0.1) is 0 Å². The Kier molecular flexibility index (Phi) is 5.36. The van der Waals surface area contributed by atoms with Gasteiger partial charge in [0.15, 0.2) is 0 Å². The fourth-order valence-corrected chi connectivity index (χ4v) is 2.59. The van der Waals surface area contributed by atoms with E-state index in [1.54, 1.807) is 23.1 Å². The SMILES string of the molecule is COC(=O)CN(C(=O)c1cccc(N2CCCC2=O)c1)C(C)C. The highest BCUT2D eigenvalue weighted by atomic mass is 16.5. The van der Waals surface area contributed by atoms with Crippen molar-refractivity contribution in [1.82, 2.24) is 4.90 Å². The molecule has 124 valence electrons. The second-order valence-corrected chi connectivity index (χ2v) is 5.80. The third-order valence-electron chi connectivity index (χ3n) is 3.89. The van der Waals surface area contributed by atoms with E-state index in [1.807, 2.05) is 19.9 Å². The van der Waals surface area contributed by atoms with Crippen LogP contribution in [0.2, 0.25) is 0 Å². The van der Waals surface area contributed by atoms with Crippen molar-refractivity contribution < 1.29 is 19.1 Å². The summed E-state index contributed by atoms with van der Waals surface area (Å²) in [5.41, 5.74) is 1.18. The molecule has 1 aliphatic heterocycles. The van der Waals surface area contributed by atoms with Crippen molar-refractivity contribution in [2.75, 3.05) is 25.1 Å². The van der Waals surface area contributed by atoms with Gasteiger partial charge < -0.3 is 14.5 Å². The van der Waals surface area contributed by atoms with Crippen molar-refractivity contribution in [2.24, 2.45) is 0 Å². The average molecular weight is 318 g/mol. The Bertz CT molecular complexity index is 612. The van der Waals surface area contributed by atoms with Gasteiger partial charge in [0, 0.05) is 30.3 Å². The van der Waals surface area contributed by atoms with E-state index in [0.717, 1.165) is 12.1 Å². The summed E-state index contributed by atoms with van der Waals surface area (Å²) in [6, 6.07) is 6.83. The number of carbonyl (C=O) groups excluding carboxylic acids is 3. The minimum absolute atomic E-state index is 0.0740. The van der Waals surface area contributed by atoms with Crippen LogP contribution in [0, 0.1) is 0 Å². The number of ether oxygens (including phenoxy) is 1. The highest BCUT2D eigenvalue weighted by Gasteiger charge is 2.25. The van der Waals surface area contributed by atoms with Crippen LogP contribution in [0.3, 0.4) is 0 Å². The van der Waals surface area contributed by atoms with Gasteiger partial charge in [0.25, 0.3) is 5.91 Å². The van der Waals surface area contributed by atoms with Crippen molar-refractivity contribution in [3.05, 3.63) is 29.8 Å². The molecule has 0 spiro atoms. The quantitative estimate of drug-likeness (QED) is 0.777. The number of esters is 1. The summed E-state index contributed by atoms with van der Waals surface area (Å²) >= 11 is 0. The summed E-state index contributed by atoms with van der Waals surface area (Å²) in [5.74, 6) is -0.637. The van der Waals surface area contributed by atoms with Gasteiger partial charge >= 0.3 is 5.97 Å². The summed E-state index contributed by atoms with van der Waals surface area (Å²) in [6.07, 6.45) is 1.37. The Morgan fingerprint density at radius 1 is 1.35 bits per heavy atom. The lowest BCUT2D eigenvalue weighted by Gasteiger charge is -2.26. The molecule has 1 aliphatic rings. The molecule has 1 fully saturated rings. The van der Waals surface area contributed by atoms with Crippen molar-refractivity contribution >= 4 is 23.5 Å². The van der Waals surface area contributed by atoms with Crippen LogP contribution in [0.4, 0.5) is 5.69 Å². The van der Waals surface area contributed by atoms with Crippen LogP contribution in [0.25, 0.3) is 0 Å². The van der Waals surface area contributed by atoms with E-state index in [0.29, 0.717) is 18.5 Å². The van der Waals surface area contributed by atoms with Gasteiger partial charge in [0.1, 0.15) is 6.54 Å². The molecule has 0 unspecified atom stereocenters. The molecule has 1 heterocycles. The van der Waals surface area contributed by atoms with Gasteiger partial charge in [-0.25, -0.2) is 0 Å². The van der Waals surface area contributed by atoms with E-state index >= 15 is 0 Å². The maximum atomic E-state index is 12.7. The van der Waals surface area contributed by atoms with Crippen LogP contribution in [0.15, 0.2) is 24.3 Å². The molecular formula is C17H22N2O4. The molecule has 1 aromatic carbocycles. The summed E-state index contributed by atoms with van der Waals surface area (Å²) in [6.45, 7) is 4.26. The standard InChI is InChI=1S/C17H22N2O4/c1-12(2)19(11-16(21)23-3)17(22)13-6-4-7-14(10-13)18-9-5-8-15(18)20/h4,6-7,10,12H,5,8-9,11H2,1-3H3. The first kappa shape index (κ1) is 17.0. The lowest BCUT2D eigenvalue weighted by Crippen LogP contribution is -2.41. The van der Waals surface area contributed by atoms with Gasteiger partial charge in [0.2, 0.25) is 5.91 Å². The molecule has 0 aromatic heterocycles. The van der Waals surface area contributed by atoms with E-state index in [2.05, 4.69) is 4.74 Å². The molecule has 0 aliphatic carbocycles. The van der Waals surface area contributed by atoms with Gasteiger partial charge in [-0.2, -0.15) is 0 Å². The molecule has 1 saturated heterocycles. The third kappa shape index (κ3) is 3.88. The number of amides is 2. The van der Waals surface area contributed by atoms with Gasteiger partial charge in [-0.1, -0.05) is 6.07 Å². The molecular weight excluding hydrogens is 296 g/mol. The van der Waals surface area contributed by atoms with Crippen LogP contribution >= 0.6 is 0 Å². The maximum Gasteiger partial charge on any atom is 0.325 e. The molecule has 0 radical (unpaired) electrons. The molecule has 1 aromatic rings. The third-order valence-corrected chi connectivity index (χ3v) is 3.89. The minimum Gasteiger partial charge on any atom is -0.468 e. The smallest absolute Gasteiger partial charge is 0.325 e. The number of methoxy groups -OCH3 is 1. The van der Waals surface area contributed by atoms with Crippen molar-refractivity contribution in [3.8, 4) is 0 Å². The second kappa shape index (κ2) is 7.26. The van der Waals surface area contributed by atoms with E-state index < -0.39 is 5.97 Å². The molecule has 6 nitrogen and oxygen atoms in total. The average Bonchev–Trinajstić information content (AvgIpc) is 2.97. The molecule has 2 amide bonds. The Balaban J connectivity index is 2.23. The van der Waals surface area contributed by atoms with Crippen molar-refractivity contribution in [2.45, 2.75) is 32.7 Å². The van der Waals surface area contributed by atoms with Crippen LogP contribution in [0.5, 0.6) is 0 Å². The molecule has 23 heavy (non-hydrogen) atoms. The highest BCUT2D eigenvalue weighted by molar-refractivity contribution is 5.99. The Hall–Kier alpha value is -2.37. The zero-order chi connectivity index (χ0) is 17.0. The number of hydrogen-bond donors (Lipinski definition) is 0. The molecule has 0 atom stereocenters. The first-order chi connectivity index (χ1) is 10.9. The lowest BCUT2D eigenvalue weighted by molar-refractivity contribution is -0.141. The van der Waals surface area contributed by atoms with E-state index in [1.165, 1.54) is 12.0 Å². The largest absolute Gasteiger partial charge is 0.468 e. The van der Waals surface area contributed by atoms with Crippen molar-refractivity contribution in [3.63, 3.8) is 0 Å². The van der Waals surface area contributed by atoms with E-state index in [9.17, 15) is 14.4 Å². The highest BCUT2D eigenvalue weighted by Crippen LogP contribution is 2.23. The topological polar surface area (TPSA) is 66.9 Å². The predicted octanol–water partition coefficient (Wildman–Crippen LogP) is 1.84. The molecule has 2 rings (SSSR count). The van der Waals surface area contributed by atoms with Gasteiger partial charge in [-0.3, -0.25) is 14.4 Å².